The van der Waals surface area contributed by atoms with Crippen LogP contribution in [0.15, 0.2) is 36.0 Å². The maximum atomic E-state index is 10.4. The van der Waals surface area contributed by atoms with Crippen molar-refractivity contribution in [3.63, 3.8) is 0 Å². The van der Waals surface area contributed by atoms with Crippen molar-refractivity contribution in [3.8, 4) is 0 Å². The molecule has 0 fully saturated rings. The van der Waals surface area contributed by atoms with Crippen molar-refractivity contribution in [1.29, 1.82) is 0 Å². The Morgan fingerprint density at radius 2 is 2.15 bits per heavy atom. The van der Waals surface area contributed by atoms with E-state index < -0.39 is 11.1 Å². The summed E-state index contributed by atoms with van der Waals surface area (Å²) >= 11 is -2.00. The van der Waals surface area contributed by atoms with Crippen LogP contribution in [-0.4, -0.2) is 14.5 Å². The van der Waals surface area contributed by atoms with Gasteiger partial charge in [0, 0.05) is 11.2 Å². The lowest BCUT2D eigenvalue weighted by atomic mass is 9.93. The van der Waals surface area contributed by atoms with Crippen molar-refractivity contribution in [2.24, 2.45) is 5.41 Å². The summed E-state index contributed by atoms with van der Waals surface area (Å²) in [6.07, 6.45) is 9.67. The Morgan fingerprint density at radius 1 is 1.46 bits per heavy atom. The van der Waals surface area contributed by atoms with Crippen molar-refractivity contribution >= 4 is 11.1 Å². The lowest BCUT2D eigenvalue weighted by Gasteiger charge is -2.12. The van der Waals surface area contributed by atoms with E-state index in [4.69, 9.17) is 0 Å². The first-order valence-corrected chi connectivity index (χ1v) is 5.37. The largest absolute Gasteiger partial charge is 0.772 e. The molecular formula is C10H13O2S-. The Labute approximate surface area is 81.3 Å². The Kier molecular flexibility index (Phi) is 3.22. The third-order valence-electron chi connectivity index (χ3n) is 1.85. The van der Waals surface area contributed by atoms with Crippen molar-refractivity contribution in [2.75, 3.05) is 5.75 Å². The minimum Gasteiger partial charge on any atom is -0.772 e. The van der Waals surface area contributed by atoms with Gasteiger partial charge in [-0.3, -0.25) is 4.21 Å². The van der Waals surface area contributed by atoms with Crippen molar-refractivity contribution in [3.05, 3.63) is 36.0 Å². The molecule has 72 valence electrons. The van der Waals surface area contributed by atoms with Gasteiger partial charge in [0.15, 0.2) is 0 Å². The van der Waals surface area contributed by atoms with E-state index in [0.29, 0.717) is 0 Å². The smallest absolute Gasteiger partial charge is 0.0353 e. The lowest BCUT2D eigenvalue weighted by Crippen LogP contribution is -2.01. The Morgan fingerprint density at radius 3 is 2.77 bits per heavy atom. The van der Waals surface area contributed by atoms with E-state index in [9.17, 15) is 8.76 Å². The van der Waals surface area contributed by atoms with E-state index in [-0.39, 0.29) is 11.2 Å². The van der Waals surface area contributed by atoms with Crippen molar-refractivity contribution in [2.45, 2.75) is 13.8 Å². The average Bonchev–Trinajstić information content (AvgIpc) is 2.12. The molecule has 0 aromatic carbocycles. The highest BCUT2D eigenvalue weighted by molar-refractivity contribution is 7.79. The Bertz CT molecular complexity index is 298. The third-order valence-corrected chi connectivity index (χ3v) is 2.42. The van der Waals surface area contributed by atoms with Crippen LogP contribution in [0.4, 0.5) is 0 Å². The summed E-state index contributed by atoms with van der Waals surface area (Å²) < 4.78 is 20.9. The summed E-state index contributed by atoms with van der Waals surface area (Å²) in [6.45, 7) is 4.15. The van der Waals surface area contributed by atoms with Gasteiger partial charge in [-0.1, -0.05) is 55.3 Å². The quantitative estimate of drug-likeness (QED) is 0.635. The van der Waals surface area contributed by atoms with Crippen molar-refractivity contribution in [1.82, 2.24) is 0 Å². The fourth-order valence-corrected chi connectivity index (χ4v) is 1.55. The molecule has 0 heterocycles. The van der Waals surface area contributed by atoms with Gasteiger partial charge in [-0.05, 0) is 5.57 Å². The molecule has 1 unspecified atom stereocenters. The lowest BCUT2D eigenvalue weighted by molar-refractivity contribution is 0.539. The number of hydrogen-bond acceptors (Lipinski definition) is 2. The molecule has 1 rings (SSSR count). The normalized spacial score (nSPS) is 22.2. The molecule has 0 saturated heterocycles. The molecule has 0 N–H and O–H groups in total. The van der Waals surface area contributed by atoms with Gasteiger partial charge in [0.25, 0.3) is 0 Å². The van der Waals surface area contributed by atoms with Crippen LogP contribution < -0.4 is 0 Å². The molecule has 13 heavy (non-hydrogen) atoms. The molecular weight excluding hydrogens is 184 g/mol. The minimum absolute atomic E-state index is 0.0165. The highest BCUT2D eigenvalue weighted by Gasteiger charge is 2.10. The second-order valence-electron chi connectivity index (χ2n) is 3.70. The standard InChI is InChI=1S/C10H14O2S/c1-10(2)6-3-4-9(5-7-10)8-13(11)12/h3-7H,8H2,1-2H3,(H,11,12)/p-1. The van der Waals surface area contributed by atoms with E-state index >= 15 is 0 Å². The Balaban J connectivity index is 2.76. The second kappa shape index (κ2) is 4.03. The molecule has 0 amide bonds. The van der Waals surface area contributed by atoms with E-state index in [1.54, 1.807) is 0 Å². The summed E-state index contributed by atoms with van der Waals surface area (Å²) in [5.74, 6) is 0.0942. The molecule has 0 radical (unpaired) electrons. The van der Waals surface area contributed by atoms with Gasteiger partial charge < -0.3 is 4.55 Å². The molecule has 0 saturated carbocycles. The molecule has 0 aromatic heterocycles. The van der Waals surface area contributed by atoms with Crippen LogP contribution in [-0.2, 0) is 11.1 Å². The van der Waals surface area contributed by atoms with Gasteiger partial charge in [0.1, 0.15) is 0 Å². The zero-order valence-electron chi connectivity index (χ0n) is 7.82. The Hall–Kier alpha value is -0.670. The predicted octanol–water partition coefficient (Wildman–Crippen LogP) is 1.94. The van der Waals surface area contributed by atoms with Crippen LogP contribution in [0.25, 0.3) is 0 Å². The first-order valence-electron chi connectivity index (χ1n) is 4.13. The van der Waals surface area contributed by atoms with Gasteiger partial charge in [-0.15, -0.1) is 0 Å². The second-order valence-corrected chi connectivity index (χ2v) is 4.60. The summed E-state index contributed by atoms with van der Waals surface area (Å²) in [5, 5.41) is 0. The number of rotatable bonds is 2. The first-order chi connectivity index (χ1) is 5.99. The summed E-state index contributed by atoms with van der Waals surface area (Å²) in [5.41, 5.74) is 0.845. The molecule has 3 heteroatoms. The molecule has 0 aliphatic heterocycles. The molecule has 1 aliphatic carbocycles. The highest BCUT2D eigenvalue weighted by atomic mass is 32.2. The van der Waals surface area contributed by atoms with Crippen LogP contribution in [0.5, 0.6) is 0 Å². The van der Waals surface area contributed by atoms with Gasteiger partial charge in [0.05, 0.1) is 0 Å². The molecule has 1 atom stereocenters. The van der Waals surface area contributed by atoms with Gasteiger partial charge in [0.2, 0.25) is 0 Å². The fraction of sp³-hybridized carbons (Fsp3) is 0.400. The average molecular weight is 197 g/mol. The van der Waals surface area contributed by atoms with E-state index in [2.05, 4.69) is 13.8 Å². The van der Waals surface area contributed by atoms with Crippen LogP contribution >= 0.6 is 0 Å². The van der Waals surface area contributed by atoms with Crippen LogP contribution in [0.2, 0.25) is 0 Å². The highest BCUT2D eigenvalue weighted by Crippen LogP contribution is 2.22. The van der Waals surface area contributed by atoms with E-state index in [0.717, 1.165) is 5.57 Å². The topological polar surface area (TPSA) is 40.1 Å². The van der Waals surface area contributed by atoms with Gasteiger partial charge in [-0.2, -0.15) is 0 Å². The maximum Gasteiger partial charge on any atom is 0.0353 e. The van der Waals surface area contributed by atoms with Gasteiger partial charge >= 0.3 is 0 Å². The number of allylic oxidation sites excluding steroid dienone is 5. The van der Waals surface area contributed by atoms with Crippen LogP contribution in [0, 0.1) is 5.41 Å². The van der Waals surface area contributed by atoms with E-state index in [1.807, 2.05) is 30.4 Å². The molecule has 0 aromatic rings. The fourth-order valence-electron chi connectivity index (χ4n) is 1.08. The molecule has 1 aliphatic rings. The summed E-state index contributed by atoms with van der Waals surface area (Å²) in [6, 6.07) is 0. The first kappa shape index (κ1) is 10.4. The predicted molar refractivity (Wildman–Crippen MR) is 53.9 cm³/mol. The molecule has 2 nitrogen and oxygen atoms in total. The summed E-state index contributed by atoms with van der Waals surface area (Å²) in [7, 11) is 0. The SMILES string of the molecule is CC1(C)C=CC=C(CS(=O)[O-])C=C1. The number of hydrogen-bond donors (Lipinski definition) is 0. The minimum atomic E-state index is -2.00. The molecule has 0 bridgehead atoms. The third kappa shape index (κ3) is 3.70. The monoisotopic (exact) mass is 197 g/mol. The zero-order valence-corrected chi connectivity index (χ0v) is 8.64. The maximum absolute atomic E-state index is 10.4. The molecule has 0 spiro atoms. The van der Waals surface area contributed by atoms with Crippen molar-refractivity contribution < 1.29 is 8.76 Å². The summed E-state index contributed by atoms with van der Waals surface area (Å²) in [4.78, 5) is 0. The zero-order chi connectivity index (χ0) is 9.90. The van der Waals surface area contributed by atoms with Crippen LogP contribution in [0.3, 0.4) is 0 Å². The van der Waals surface area contributed by atoms with Gasteiger partial charge in [-0.25, -0.2) is 0 Å². The van der Waals surface area contributed by atoms with E-state index in [1.165, 1.54) is 0 Å². The van der Waals surface area contributed by atoms with Crippen LogP contribution in [0.1, 0.15) is 13.8 Å².